The minimum absolute atomic E-state index is 0.101. The first-order chi connectivity index (χ1) is 9.88. The van der Waals surface area contributed by atoms with Gasteiger partial charge in [0.1, 0.15) is 0 Å². The number of benzene rings is 1. The molecule has 3 aromatic rings. The summed E-state index contributed by atoms with van der Waals surface area (Å²) in [5.74, 6) is -0.964. The van der Waals surface area contributed by atoms with Crippen molar-refractivity contribution in [1.29, 1.82) is 0 Å². The van der Waals surface area contributed by atoms with Gasteiger partial charge in [0, 0.05) is 5.38 Å². The highest BCUT2D eigenvalue weighted by atomic mass is 32.1. The van der Waals surface area contributed by atoms with Crippen LogP contribution in [0, 0.1) is 0 Å². The van der Waals surface area contributed by atoms with Crippen molar-refractivity contribution in [1.82, 2.24) is 9.38 Å². The first kappa shape index (κ1) is 13.8. The summed E-state index contributed by atoms with van der Waals surface area (Å²) in [5.41, 5.74) is 3.41. The van der Waals surface area contributed by atoms with E-state index in [1.807, 2.05) is 17.5 Å². The van der Waals surface area contributed by atoms with Gasteiger partial charge in [-0.05, 0) is 16.5 Å². The molecule has 1 N–H and O–H groups in total. The molecule has 0 saturated heterocycles. The second-order valence-electron chi connectivity index (χ2n) is 6.01. The van der Waals surface area contributed by atoms with E-state index in [1.54, 1.807) is 4.40 Å². The Morgan fingerprint density at radius 1 is 1.24 bits per heavy atom. The molecule has 0 atom stereocenters. The average Bonchev–Trinajstić information content (AvgIpc) is 2.98. The van der Waals surface area contributed by atoms with E-state index in [9.17, 15) is 9.90 Å². The van der Waals surface area contributed by atoms with Gasteiger partial charge in [-0.3, -0.25) is 4.40 Å². The van der Waals surface area contributed by atoms with Crippen LogP contribution < -0.4 is 0 Å². The molecule has 0 aliphatic rings. The zero-order valence-electron chi connectivity index (χ0n) is 12.1. The van der Waals surface area contributed by atoms with Gasteiger partial charge in [0.25, 0.3) is 0 Å². The van der Waals surface area contributed by atoms with Gasteiger partial charge < -0.3 is 5.11 Å². The molecule has 3 rings (SSSR count). The second kappa shape index (κ2) is 4.70. The molecule has 0 spiro atoms. The molecule has 0 aliphatic carbocycles. The third-order valence-corrected chi connectivity index (χ3v) is 4.35. The van der Waals surface area contributed by atoms with Gasteiger partial charge in [0.2, 0.25) is 0 Å². The summed E-state index contributed by atoms with van der Waals surface area (Å²) in [6.45, 7) is 6.51. The number of nitrogens with zero attached hydrogens (tertiary/aromatic N) is 2. The van der Waals surface area contributed by atoms with E-state index in [0.717, 1.165) is 11.3 Å². The predicted molar refractivity (Wildman–Crippen MR) is 84.2 cm³/mol. The molecule has 0 unspecified atom stereocenters. The Morgan fingerprint density at radius 2 is 1.90 bits per heavy atom. The van der Waals surface area contributed by atoms with Crippen molar-refractivity contribution < 1.29 is 9.90 Å². The molecule has 0 bridgehead atoms. The van der Waals surface area contributed by atoms with Crippen LogP contribution in [0.5, 0.6) is 0 Å². The van der Waals surface area contributed by atoms with Crippen LogP contribution in [0.2, 0.25) is 0 Å². The number of imidazole rings is 1. The lowest BCUT2D eigenvalue weighted by Crippen LogP contribution is -2.10. The largest absolute Gasteiger partial charge is 0.477 e. The van der Waals surface area contributed by atoms with Gasteiger partial charge in [-0.25, -0.2) is 9.78 Å². The maximum absolute atomic E-state index is 11.3. The number of hydrogen-bond acceptors (Lipinski definition) is 3. The van der Waals surface area contributed by atoms with E-state index in [0.29, 0.717) is 4.96 Å². The van der Waals surface area contributed by atoms with Gasteiger partial charge in [0.05, 0.1) is 11.9 Å². The second-order valence-corrected chi connectivity index (χ2v) is 6.85. The van der Waals surface area contributed by atoms with E-state index in [1.165, 1.54) is 23.1 Å². The summed E-state index contributed by atoms with van der Waals surface area (Å²) in [4.78, 5) is 16.1. The Hall–Kier alpha value is -2.14. The number of hydrogen-bond donors (Lipinski definition) is 1. The number of thiazole rings is 1. The number of aromatic carboxylic acids is 1. The Bertz CT molecular complexity index is 807. The number of carboxylic acids is 1. The van der Waals surface area contributed by atoms with Crippen molar-refractivity contribution in [3.05, 3.63) is 47.1 Å². The fraction of sp³-hybridized carbons (Fsp3) is 0.250. The van der Waals surface area contributed by atoms with Crippen LogP contribution >= 0.6 is 11.3 Å². The number of carboxylic acid groups (broad SMARTS) is 1. The molecule has 5 heteroatoms. The van der Waals surface area contributed by atoms with E-state index >= 15 is 0 Å². The maximum Gasteiger partial charge on any atom is 0.354 e. The van der Waals surface area contributed by atoms with E-state index in [2.05, 4.69) is 37.9 Å². The molecule has 2 heterocycles. The SMILES string of the molecule is CC(C)(C)c1ccc(-c2csc3ncc(C(=O)O)n23)cc1. The highest BCUT2D eigenvalue weighted by Gasteiger charge is 2.17. The van der Waals surface area contributed by atoms with Crippen LogP contribution in [0.15, 0.2) is 35.8 Å². The fourth-order valence-corrected chi connectivity index (χ4v) is 3.18. The number of carbonyl (C=O) groups is 1. The molecule has 0 fully saturated rings. The number of aromatic nitrogens is 2. The van der Waals surface area contributed by atoms with Crippen LogP contribution in [-0.4, -0.2) is 20.5 Å². The van der Waals surface area contributed by atoms with Gasteiger partial charge >= 0.3 is 5.97 Å². The van der Waals surface area contributed by atoms with Crippen molar-refractivity contribution in [2.75, 3.05) is 0 Å². The molecule has 4 nitrogen and oxygen atoms in total. The molecular formula is C16H16N2O2S. The van der Waals surface area contributed by atoms with E-state index in [-0.39, 0.29) is 11.1 Å². The highest BCUT2D eigenvalue weighted by molar-refractivity contribution is 7.15. The smallest absolute Gasteiger partial charge is 0.354 e. The lowest BCUT2D eigenvalue weighted by atomic mass is 9.86. The average molecular weight is 300 g/mol. The van der Waals surface area contributed by atoms with Crippen molar-refractivity contribution in [3.63, 3.8) is 0 Å². The topological polar surface area (TPSA) is 54.6 Å². The normalized spacial score (nSPS) is 12.0. The maximum atomic E-state index is 11.3. The molecule has 0 radical (unpaired) electrons. The summed E-state index contributed by atoms with van der Waals surface area (Å²) in [6.07, 6.45) is 1.40. The zero-order chi connectivity index (χ0) is 15.2. The summed E-state index contributed by atoms with van der Waals surface area (Å²) < 4.78 is 1.69. The van der Waals surface area contributed by atoms with Gasteiger partial charge in [0.15, 0.2) is 10.7 Å². The van der Waals surface area contributed by atoms with Gasteiger partial charge in [-0.15, -0.1) is 11.3 Å². The minimum atomic E-state index is -0.964. The van der Waals surface area contributed by atoms with Crippen LogP contribution in [0.25, 0.3) is 16.2 Å². The first-order valence-corrected chi connectivity index (χ1v) is 7.55. The lowest BCUT2D eigenvalue weighted by molar-refractivity contribution is 0.0689. The predicted octanol–water partition coefficient (Wildman–Crippen LogP) is 4.06. The summed E-state index contributed by atoms with van der Waals surface area (Å²) >= 11 is 1.45. The first-order valence-electron chi connectivity index (χ1n) is 6.67. The summed E-state index contributed by atoms with van der Waals surface area (Å²) in [6, 6.07) is 8.26. The van der Waals surface area contributed by atoms with E-state index < -0.39 is 5.97 Å². The van der Waals surface area contributed by atoms with Crippen molar-refractivity contribution in [2.24, 2.45) is 0 Å². The fourth-order valence-electron chi connectivity index (χ4n) is 2.30. The summed E-state index contributed by atoms with van der Waals surface area (Å²) in [5, 5.41) is 11.2. The van der Waals surface area contributed by atoms with Crippen LogP contribution in [-0.2, 0) is 5.41 Å². The Morgan fingerprint density at radius 3 is 2.48 bits per heavy atom. The van der Waals surface area contributed by atoms with Crippen molar-refractivity contribution in [3.8, 4) is 11.3 Å². The molecule has 108 valence electrons. The third-order valence-electron chi connectivity index (χ3n) is 3.51. The van der Waals surface area contributed by atoms with Gasteiger partial charge in [-0.2, -0.15) is 0 Å². The quantitative estimate of drug-likeness (QED) is 0.776. The number of fused-ring (bicyclic) bond motifs is 1. The van der Waals surface area contributed by atoms with Crippen molar-refractivity contribution in [2.45, 2.75) is 26.2 Å². The molecule has 0 amide bonds. The Balaban J connectivity index is 2.12. The third kappa shape index (κ3) is 2.34. The molecule has 0 aliphatic heterocycles. The Labute approximate surface area is 126 Å². The highest BCUT2D eigenvalue weighted by Crippen LogP contribution is 2.29. The van der Waals surface area contributed by atoms with E-state index in [4.69, 9.17) is 0 Å². The summed E-state index contributed by atoms with van der Waals surface area (Å²) in [7, 11) is 0. The molecule has 1 aromatic carbocycles. The Kier molecular flexibility index (Phi) is 3.10. The molecule has 21 heavy (non-hydrogen) atoms. The monoisotopic (exact) mass is 300 g/mol. The molecule has 0 saturated carbocycles. The van der Waals surface area contributed by atoms with Gasteiger partial charge in [-0.1, -0.05) is 45.0 Å². The molecular weight excluding hydrogens is 284 g/mol. The van der Waals surface area contributed by atoms with Crippen LogP contribution in [0.3, 0.4) is 0 Å². The van der Waals surface area contributed by atoms with Crippen LogP contribution in [0.4, 0.5) is 0 Å². The zero-order valence-corrected chi connectivity index (χ0v) is 12.9. The van der Waals surface area contributed by atoms with Crippen LogP contribution in [0.1, 0.15) is 36.8 Å². The lowest BCUT2D eigenvalue weighted by Gasteiger charge is -2.19. The van der Waals surface area contributed by atoms with Crippen molar-refractivity contribution >= 4 is 22.3 Å². The standard InChI is InChI=1S/C16H16N2O2S/c1-16(2,3)11-6-4-10(5-7-11)13-9-21-15-17-8-12(14(19)20)18(13)15/h4-9H,1-3H3,(H,19,20). The molecule has 2 aromatic heterocycles. The number of rotatable bonds is 2. The minimum Gasteiger partial charge on any atom is -0.477 e.